The molecule has 2 atom stereocenters. The zero-order chi connectivity index (χ0) is 16.9. The Labute approximate surface area is 146 Å². The molecule has 0 aromatic heterocycles. The smallest absolute Gasteiger partial charge is 0.00638 e. The Morgan fingerprint density at radius 3 is 2.08 bits per heavy atom. The molecule has 24 heavy (non-hydrogen) atoms. The molecule has 0 radical (unpaired) electrons. The highest BCUT2D eigenvalue weighted by Crippen LogP contribution is 2.32. The SMILES string of the molecule is Cc1cccc(CC(C)c2ccccc2C(C)c2ccccc2)c1. The van der Waals surface area contributed by atoms with E-state index in [4.69, 9.17) is 0 Å². The van der Waals surface area contributed by atoms with Gasteiger partial charge in [-0.2, -0.15) is 0 Å². The van der Waals surface area contributed by atoms with Crippen LogP contribution in [0.3, 0.4) is 0 Å². The molecular weight excluding hydrogens is 288 g/mol. The van der Waals surface area contributed by atoms with Gasteiger partial charge in [0.05, 0.1) is 0 Å². The monoisotopic (exact) mass is 314 g/mol. The highest BCUT2D eigenvalue weighted by molar-refractivity contribution is 5.40. The van der Waals surface area contributed by atoms with Gasteiger partial charge < -0.3 is 0 Å². The molecule has 0 heterocycles. The topological polar surface area (TPSA) is 0 Å². The second-order valence-corrected chi connectivity index (χ2v) is 6.86. The van der Waals surface area contributed by atoms with Crippen LogP contribution in [-0.2, 0) is 6.42 Å². The van der Waals surface area contributed by atoms with E-state index in [-0.39, 0.29) is 0 Å². The lowest BCUT2D eigenvalue weighted by atomic mass is 9.83. The summed E-state index contributed by atoms with van der Waals surface area (Å²) in [6.07, 6.45) is 1.08. The summed E-state index contributed by atoms with van der Waals surface area (Å²) in [5.74, 6) is 0.927. The molecule has 0 aliphatic heterocycles. The fourth-order valence-corrected chi connectivity index (χ4v) is 3.58. The summed E-state index contributed by atoms with van der Waals surface area (Å²) in [7, 11) is 0. The molecule has 0 amide bonds. The largest absolute Gasteiger partial charge is 0.0622 e. The summed E-state index contributed by atoms with van der Waals surface area (Å²) in [6.45, 7) is 6.83. The minimum atomic E-state index is 0.419. The molecule has 0 bridgehead atoms. The first-order valence-electron chi connectivity index (χ1n) is 8.84. The fourth-order valence-electron chi connectivity index (χ4n) is 3.58. The maximum atomic E-state index is 2.35. The molecule has 0 aliphatic carbocycles. The summed E-state index contributed by atoms with van der Waals surface area (Å²) in [5.41, 5.74) is 7.06. The Bertz CT molecular complexity index is 786. The maximum Gasteiger partial charge on any atom is 0.00638 e. The summed E-state index contributed by atoms with van der Waals surface area (Å²) in [6, 6.07) is 28.6. The van der Waals surface area contributed by atoms with Gasteiger partial charge in [-0.1, -0.05) is 98.3 Å². The molecule has 0 nitrogen and oxygen atoms in total. The molecule has 0 N–H and O–H groups in total. The van der Waals surface area contributed by atoms with Gasteiger partial charge in [-0.3, -0.25) is 0 Å². The molecule has 3 aromatic rings. The Kier molecular flexibility index (Phi) is 5.15. The minimum Gasteiger partial charge on any atom is -0.0622 e. The lowest BCUT2D eigenvalue weighted by molar-refractivity contribution is 0.735. The molecule has 0 spiro atoms. The Morgan fingerprint density at radius 1 is 0.708 bits per heavy atom. The third-order valence-electron chi connectivity index (χ3n) is 4.92. The third-order valence-corrected chi connectivity index (χ3v) is 4.92. The van der Waals surface area contributed by atoms with Crippen molar-refractivity contribution in [1.29, 1.82) is 0 Å². The van der Waals surface area contributed by atoms with Gasteiger partial charge in [0.1, 0.15) is 0 Å². The zero-order valence-corrected chi connectivity index (χ0v) is 14.9. The van der Waals surface area contributed by atoms with E-state index < -0.39 is 0 Å². The predicted molar refractivity (Wildman–Crippen MR) is 104 cm³/mol. The van der Waals surface area contributed by atoms with E-state index in [9.17, 15) is 0 Å². The van der Waals surface area contributed by atoms with Gasteiger partial charge in [0.2, 0.25) is 0 Å². The molecular formula is C24H26. The Hall–Kier alpha value is -2.34. The van der Waals surface area contributed by atoms with Crippen LogP contribution in [0.4, 0.5) is 0 Å². The number of benzene rings is 3. The van der Waals surface area contributed by atoms with Crippen molar-refractivity contribution in [2.45, 2.75) is 39.0 Å². The zero-order valence-electron chi connectivity index (χ0n) is 14.9. The van der Waals surface area contributed by atoms with E-state index in [0.29, 0.717) is 11.8 Å². The highest BCUT2D eigenvalue weighted by Gasteiger charge is 2.16. The van der Waals surface area contributed by atoms with Gasteiger partial charge in [0.25, 0.3) is 0 Å². The fraction of sp³-hybridized carbons (Fsp3) is 0.250. The highest BCUT2D eigenvalue weighted by atomic mass is 14.2. The van der Waals surface area contributed by atoms with Crippen LogP contribution in [0.15, 0.2) is 78.9 Å². The van der Waals surface area contributed by atoms with Crippen molar-refractivity contribution in [3.05, 3.63) is 107 Å². The van der Waals surface area contributed by atoms with E-state index in [1.165, 1.54) is 27.8 Å². The van der Waals surface area contributed by atoms with Gasteiger partial charge >= 0.3 is 0 Å². The Balaban J connectivity index is 1.88. The van der Waals surface area contributed by atoms with Crippen molar-refractivity contribution in [2.24, 2.45) is 0 Å². The number of aryl methyl sites for hydroxylation is 1. The molecule has 0 saturated carbocycles. The summed E-state index contributed by atoms with van der Waals surface area (Å²) in [5, 5.41) is 0. The van der Waals surface area contributed by atoms with Crippen LogP contribution in [0.25, 0.3) is 0 Å². The van der Waals surface area contributed by atoms with E-state index in [1.54, 1.807) is 0 Å². The van der Waals surface area contributed by atoms with Gasteiger partial charge in [-0.15, -0.1) is 0 Å². The van der Waals surface area contributed by atoms with Crippen molar-refractivity contribution >= 4 is 0 Å². The van der Waals surface area contributed by atoms with Crippen LogP contribution in [0.5, 0.6) is 0 Å². The van der Waals surface area contributed by atoms with Crippen LogP contribution in [-0.4, -0.2) is 0 Å². The first-order chi connectivity index (χ1) is 11.6. The molecule has 122 valence electrons. The average molecular weight is 314 g/mol. The van der Waals surface area contributed by atoms with Crippen molar-refractivity contribution in [3.8, 4) is 0 Å². The van der Waals surface area contributed by atoms with Crippen molar-refractivity contribution in [3.63, 3.8) is 0 Å². The summed E-state index contributed by atoms with van der Waals surface area (Å²) < 4.78 is 0. The lowest BCUT2D eigenvalue weighted by Gasteiger charge is -2.21. The lowest BCUT2D eigenvalue weighted by Crippen LogP contribution is -2.06. The Morgan fingerprint density at radius 2 is 1.38 bits per heavy atom. The number of hydrogen-bond donors (Lipinski definition) is 0. The summed E-state index contributed by atoms with van der Waals surface area (Å²) >= 11 is 0. The van der Waals surface area contributed by atoms with Crippen LogP contribution >= 0.6 is 0 Å². The van der Waals surface area contributed by atoms with Crippen LogP contribution in [0.2, 0.25) is 0 Å². The molecule has 0 fully saturated rings. The van der Waals surface area contributed by atoms with Crippen LogP contribution in [0, 0.1) is 6.92 Å². The normalized spacial score (nSPS) is 13.5. The number of hydrogen-bond acceptors (Lipinski definition) is 0. The van der Waals surface area contributed by atoms with E-state index in [1.807, 2.05) is 0 Å². The predicted octanol–water partition coefficient (Wildman–Crippen LogP) is 6.49. The summed E-state index contributed by atoms with van der Waals surface area (Å²) in [4.78, 5) is 0. The molecule has 3 aromatic carbocycles. The van der Waals surface area contributed by atoms with Gasteiger partial charge in [0, 0.05) is 5.92 Å². The van der Waals surface area contributed by atoms with E-state index in [2.05, 4.69) is 99.6 Å². The van der Waals surface area contributed by atoms with Crippen molar-refractivity contribution in [1.82, 2.24) is 0 Å². The third kappa shape index (κ3) is 3.76. The van der Waals surface area contributed by atoms with E-state index in [0.717, 1.165) is 6.42 Å². The molecule has 3 rings (SSSR count). The van der Waals surface area contributed by atoms with Gasteiger partial charge in [0.15, 0.2) is 0 Å². The van der Waals surface area contributed by atoms with Crippen molar-refractivity contribution < 1.29 is 0 Å². The molecule has 0 saturated heterocycles. The van der Waals surface area contributed by atoms with E-state index >= 15 is 0 Å². The molecule has 0 aliphatic rings. The quantitative estimate of drug-likeness (QED) is 0.504. The molecule has 0 heteroatoms. The number of rotatable bonds is 5. The first-order valence-corrected chi connectivity index (χ1v) is 8.84. The maximum absolute atomic E-state index is 2.35. The minimum absolute atomic E-state index is 0.419. The van der Waals surface area contributed by atoms with Gasteiger partial charge in [-0.25, -0.2) is 0 Å². The molecule has 2 unspecified atom stereocenters. The van der Waals surface area contributed by atoms with Gasteiger partial charge in [-0.05, 0) is 41.5 Å². The van der Waals surface area contributed by atoms with Crippen LogP contribution in [0.1, 0.15) is 53.5 Å². The second-order valence-electron chi connectivity index (χ2n) is 6.86. The average Bonchev–Trinajstić information content (AvgIpc) is 2.62. The van der Waals surface area contributed by atoms with Crippen molar-refractivity contribution in [2.75, 3.05) is 0 Å². The first kappa shape index (κ1) is 16.5. The standard InChI is InChI=1S/C24H26/c1-18-10-9-11-21(16-18)17-19(2)23-14-7-8-15-24(23)20(3)22-12-5-4-6-13-22/h4-16,19-20H,17H2,1-3H3. The van der Waals surface area contributed by atoms with Crippen LogP contribution < -0.4 is 0 Å². The second kappa shape index (κ2) is 7.49.